The largest absolute Gasteiger partial charge is 0.497 e. The van der Waals surface area contributed by atoms with E-state index in [9.17, 15) is 9.59 Å². The fraction of sp³-hybridized carbons (Fsp3) is 0.240. The van der Waals surface area contributed by atoms with Crippen LogP contribution in [0.15, 0.2) is 76.4 Å². The molecule has 1 amide bonds. The van der Waals surface area contributed by atoms with Gasteiger partial charge in [0.15, 0.2) is 11.8 Å². The highest BCUT2D eigenvalue weighted by atomic mass is 32.2. The molecule has 0 saturated carbocycles. The second kappa shape index (κ2) is 10.5. The van der Waals surface area contributed by atoms with E-state index < -0.39 is 12.0 Å². The minimum absolute atomic E-state index is 0.170. The first-order valence-electron chi connectivity index (χ1n) is 10.7. The second-order valence-electron chi connectivity index (χ2n) is 7.47. The van der Waals surface area contributed by atoms with Crippen LogP contribution < -0.4 is 14.8 Å². The average molecular weight is 480 g/mol. The molecule has 0 aromatic heterocycles. The third kappa shape index (κ3) is 5.09. The summed E-state index contributed by atoms with van der Waals surface area (Å²) in [6, 6.07) is 14.0. The Morgan fingerprint density at radius 3 is 2.74 bits per heavy atom. The van der Waals surface area contributed by atoms with E-state index in [-0.39, 0.29) is 19.1 Å². The topological polar surface area (TPSA) is 89.5 Å². The number of fused-ring (bicyclic) bond motifs is 1. The van der Waals surface area contributed by atoms with Crippen LogP contribution in [0.2, 0.25) is 0 Å². The standard InChI is InChI=1S/C25H25N3O5S/c1-4-32-24(30)22-16(2)26-25-28(11-12-34-25)23(22)17-7-5-10-20(13-17)33-15-21(29)27-18-8-6-9-19(14-18)31-3/h5-14,23H,4,15H2,1-3H3,(H,27,29). The van der Waals surface area contributed by atoms with Gasteiger partial charge in [0, 0.05) is 18.0 Å². The number of carbonyl (C=O) groups excluding carboxylic acids is 2. The van der Waals surface area contributed by atoms with Crippen LogP contribution in [0.3, 0.4) is 0 Å². The van der Waals surface area contributed by atoms with Gasteiger partial charge in [-0.1, -0.05) is 30.0 Å². The van der Waals surface area contributed by atoms with Crippen molar-refractivity contribution in [2.24, 2.45) is 4.99 Å². The zero-order chi connectivity index (χ0) is 24.1. The molecule has 0 spiro atoms. The molecule has 0 radical (unpaired) electrons. The van der Waals surface area contributed by atoms with Crippen molar-refractivity contribution in [3.05, 3.63) is 77.0 Å². The predicted molar refractivity (Wildman–Crippen MR) is 132 cm³/mol. The summed E-state index contributed by atoms with van der Waals surface area (Å²) in [4.78, 5) is 31.7. The molecule has 0 fully saturated rings. The zero-order valence-corrected chi connectivity index (χ0v) is 19.9. The number of hydrogen-bond donors (Lipinski definition) is 1. The van der Waals surface area contributed by atoms with Gasteiger partial charge in [-0.25, -0.2) is 9.79 Å². The molecule has 2 aromatic rings. The SMILES string of the molecule is CCOC(=O)C1=C(C)N=C2SC=CN2C1c1cccc(OCC(=O)Nc2cccc(OC)c2)c1. The number of amides is 1. The lowest BCUT2D eigenvalue weighted by molar-refractivity contribution is -0.139. The average Bonchev–Trinajstić information content (AvgIpc) is 3.30. The van der Waals surface area contributed by atoms with E-state index in [0.29, 0.717) is 28.5 Å². The zero-order valence-electron chi connectivity index (χ0n) is 19.1. The Balaban J connectivity index is 1.51. The number of nitrogens with zero attached hydrogens (tertiary/aromatic N) is 2. The van der Waals surface area contributed by atoms with Crippen molar-refractivity contribution in [3.8, 4) is 11.5 Å². The van der Waals surface area contributed by atoms with Gasteiger partial charge >= 0.3 is 5.97 Å². The summed E-state index contributed by atoms with van der Waals surface area (Å²) < 4.78 is 16.3. The van der Waals surface area contributed by atoms with E-state index in [1.165, 1.54) is 11.8 Å². The molecule has 34 heavy (non-hydrogen) atoms. The highest BCUT2D eigenvalue weighted by molar-refractivity contribution is 8.16. The molecule has 8 nitrogen and oxygen atoms in total. The summed E-state index contributed by atoms with van der Waals surface area (Å²) in [5, 5.41) is 5.51. The molecule has 9 heteroatoms. The third-order valence-electron chi connectivity index (χ3n) is 5.21. The number of anilines is 1. The molecule has 1 N–H and O–H groups in total. The Labute approximate surface area is 202 Å². The van der Waals surface area contributed by atoms with E-state index in [1.54, 1.807) is 44.4 Å². The lowest BCUT2D eigenvalue weighted by Gasteiger charge is -2.33. The molecule has 2 aliphatic rings. The fourth-order valence-electron chi connectivity index (χ4n) is 3.72. The molecular formula is C25H25N3O5S. The van der Waals surface area contributed by atoms with E-state index in [2.05, 4.69) is 10.3 Å². The van der Waals surface area contributed by atoms with E-state index in [0.717, 1.165) is 10.7 Å². The van der Waals surface area contributed by atoms with Crippen LogP contribution >= 0.6 is 11.8 Å². The fourth-order valence-corrected chi connectivity index (χ4v) is 4.51. The summed E-state index contributed by atoms with van der Waals surface area (Å²) in [6.07, 6.45) is 1.90. The molecular weight excluding hydrogens is 454 g/mol. The number of hydrogen-bond acceptors (Lipinski definition) is 8. The van der Waals surface area contributed by atoms with Gasteiger partial charge in [0.2, 0.25) is 0 Å². The number of methoxy groups -OCH3 is 1. The number of esters is 1. The summed E-state index contributed by atoms with van der Waals surface area (Å²) in [5.74, 6) is 0.463. The molecule has 2 heterocycles. The summed E-state index contributed by atoms with van der Waals surface area (Å²) in [7, 11) is 1.57. The van der Waals surface area contributed by atoms with Crippen LogP contribution in [0, 0.1) is 0 Å². The maximum Gasteiger partial charge on any atom is 0.338 e. The van der Waals surface area contributed by atoms with Crippen LogP contribution in [0.1, 0.15) is 25.5 Å². The van der Waals surface area contributed by atoms with Crippen LogP contribution in [0.25, 0.3) is 0 Å². The minimum Gasteiger partial charge on any atom is -0.497 e. The Morgan fingerprint density at radius 2 is 1.94 bits per heavy atom. The van der Waals surface area contributed by atoms with Crippen molar-refractivity contribution in [1.29, 1.82) is 0 Å². The van der Waals surface area contributed by atoms with Gasteiger partial charge in [-0.15, -0.1) is 0 Å². The number of nitrogens with one attached hydrogen (secondary N) is 1. The minimum atomic E-state index is -0.410. The van der Waals surface area contributed by atoms with E-state index in [1.807, 2.05) is 41.6 Å². The normalized spacial score (nSPS) is 16.6. The Morgan fingerprint density at radius 1 is 1.15 bits per heavy atom. The van der Waals surface area contributed by atoms with Crippen molar-refractivity contribution in [1.82, 2.24) is 4.90 Å². The van der Waals surface area contributed by atoms with Crippen molar-refractivity contribution >= 4 is 34.5 Å². The van der Waals surface area contributed by atoms with Gasteiger partial charge in [0.05, 0.1) is 31.0 Å². The maximum atomic E-state index is 12.8. The van der Waals surface area contributed by atoms with Crippen LogP contribution in [-0.4, -0.2) is 42.3 Å². The Kier molecular flexibility index (Phi) is 7.22. The number of allylic oxidation sites excluding steroid dienone is 1. The van der Waals surface area contributed by atoms with Crippen molar-refractivity contribution in [2.45, 2.75) is 19.9 Å². The molecule has 1 unspecified atom stereocenters. The van der Waals surface area contributed by atoms with E-state index >= 15 is 0 Å². The smallest absolute Gasteiger partial charge is 0.338 e. The molecule has 4 rings (SSSR count). The van der Waals surface area contributed by atoms with Gasteiger partial charge in [-0.05, 0) is 49.1 Å². The van der Waals surface area contributed by atoms with Gasteiger partial charge in [-0.2, -0.15) is 0 Å². The lowest BCUT2D eigenvalue weighted by Crippen LogP contribution is -2.34. The summed E-state index contributed by atoms with van der Waals surface area (Å²) in [6.45, 7) is 3.69. The number of amidine groups is 1. The molecule has 2 aliphatic heterocycles. The van der Waals surface area contributed by atoms with Crippen molar-refractivity contribution in [3.63, 3.8) is 0 Å². The summed E-state index contributed by atoms with van der Waals surface area (Å²) >= 11 is 1.49. The molecule has 2 aromatic carbocycles. The first-order chi connectivity index (χ1) is 16.5. The van der Waals surface area contributed by atoms with E-state index in [4.69, 9.17) is 14.2 Å². The maximum absolute atomic E-state index is 12.8. The third-order valence-corrected chi connectivity index (χ3v) is 5.98. The Bertz CT molecular complexity index is 1190. The number of aliphatic imine (C=N–C) groups is 1. The number of carbonyl (C=O) groups is 2. The quantitative estimate of drug-likeness (QED) is 0.559. The molecule has 0 bridgehead atoms. The van der Waals surface area contributed by atoms with Gasteiger partial charge in [0.1, 0.15) is 11.5 Å². The van der Waals surface area contributed by atoms with Crippen LogP contribution in [-0.2, 0) is 14.3 Å². The summed E-state index contributed by atoms with van der Waals surface area (Å²) in [5.41, 5.74) is 2.54. The highest BCUT2D eigenvalue weighted by Gasteiger charge is 2.37. The molecule has 1 atom stereocenters. The second-order valence-corrected chi connectivity index (χ2v) is 8.34. The van der Waals surface area contributed by atoms with Gasteiger partial charge in [-0.3, -0.25) is 4.79 Å². The number of benzene rings is 2. The number of thioether (sulfide) groups is 1. The van der Waals surface area contributed by atoms with Crippen LogP contribution in [0.4, 0.5) is 5.69 Å². The number of ether oxygens (including phenoxy) is 3. The van der Waals surface area contributed by atoms with Crippen molar-refractivity contribution in [2.75, 3.05) is 25.6 Å². The first kappa shape index (κ1) is 23.4. The highest BCUT2D eigenvalue weighted by Crippen LogP contribution is 2.41. The predicted octanol–water partition coefficient (Wildman–Crippen LogP) is 4.48. The molecule has 0 aliphatic carbocycles. The molecule has 0 saturated heterocycles. The van der Waals surface area contributed by atoms with Crippen LogP contribution in [0.5, 0.6) is 11.5 Å². The Hall–Kier alpha value is -3.72. The molecule has 176 valence electrons. The monoisotopic (exact) mass is 479 g/mol. The van der Waals surface area contributed by atoms with Gasteiger partial charge < -0.3 is 24.4 Å². The first-order valence-corrected chi connectivity index (χ1v) is 11.6. The lowest BCUT2D eigenvalue weighted by atomic mass is 9.94. The number of rotatable bonds is 8. The van der Waals surface area contributed by atoms with Gasteiger partial charge in [0.25, 0.3) is 5.91 Å². The van der Waals surface area contributed by atoms with Crippen molar-refractivity contribution < 1.29 is 23.8 Å².